The van der Waals surface area contributed by atoms with Crippen molar-refractivity contribution < 1.29 is 9.53 Å². The molecule has 2 aromatic rings. The van der Waals surface area contributed by atoms with E-state index in [9.17, 15) is 4.79 Å². The quantitative estimate of drug-likeness (QED) is 0.487. The fourth-order valence-electron chi connectivity index (χ4n) is 1.52. The number of aromatic nitrogens is 2. The summed E-state index contributed by atoms with van der Waals surface area (Å²) in [5.41, 5.74) is 1.66. The van der Waals surface area contributed by atoms with Gasteiger partial charge in [-0.25, -0.2) is 0 Å². The Morgan fingerprint density at radius 3 is 2.94 bits per heavy atom. The first-order valence-corrected chi connectivity index (χ1v) is 6.19. The lowest BCUT2D eigenvalue weighted by molar-refractivity contribution is -0.134. The molecule has 0 radical (unpaired) electrons. The monoisotopic (exact) mass is 250 g/mol. The average molecular weight is 250 g/mol. The van der Waals surface area contributed by atoms with Gasteiger partial charge < -0.3 is 9.72 Å². The van der Waals surface area contributed by atoms with E-state index in [1.807, 2.05) is 24.3 Å². The molecule has 1 N–H and O–H groups in total. The summed E-state index contributed by atoms with van der Waals surface area (Å²) in [6.07, 6.45) is 2.11. The van der Waals surface area contributed by atoms with Crippen molar-refractivity contribution in [2.45, 2.75) is 19.3 Å². The summed E-state index contributed by atoms with van der Waals surface area (Å²) >= 11 is 4.09. The van der Waals surface area contributed by atoms with Crippen LogP contribution in [0.4, 0.5) is 0 Å². The van der Waals surface area contributed by atoms with Gasteiger partial charge >= 0.3 is 12.0 Å². The zero-order chi connectivity index (χ0) is 12.1. The largest absolute Gasteiger partial charge is 0.392 e. The molecular weight excluding hydrogens is 236 g/mol. The molecule has 1 aromatic carbocycles. The Morgan fingerprint density at radius 1 is 1.35 bits per heavy atom. The molecule has 0 spiro atoms. The number of carbonyl (C=O) groups excluding carboxylic acids is 1. The third-order valence-corrected chi connectivity index (χ3v) is 2.68. The Hall–Kier alpha value is -1.49. The molecule has 4 nitrogen and oxygen atoms in total. The number of ether oxygens (including phenoxy) is 1. The van der Waals surface area contributed by atoms with E-state index < -0.39 is 0 Å². The second-order valence-electron chi connectivity index (χ2n) is 3.71. The van der Waals surface area contributed by atoms with Crippen molar-refractivity contribution in [1.82, 2.24) is 9.97 Å². The van der Waals surface area contributed by atoms with Crippen LogP contribution in [0.15, 0.2) is 24.3 Å². The summed E-state index contributed by atoms with van der Waals surface area (Å²) < 4.78 is 5.12. The SMILES string of the molecule is O=C(CCCCS)Oc1nc2ccccc2[nH]1. The highest BCUT2D eigenvalue weighted by Gasteiger charge is 2.08. The van der Waals surface area contributed by atoms with Crippen molar-refractivity contribution >= 4 is 29.6 Å². The van der Waals surface area contributed by atoms with E-state index in [1.165, 1.54) is 0 Å². The number of aromatic amines is 1. The van der Waals surface area contributed by atoms with Crippen LogP contribution in [0.25, 0.3) is 11.0 Å². The van der Waals surface area contributed by atoms with E-state index >= 15 is 0 Å². The first-order chi connectivity index (χ1) is 8.29. The lowest BCUT2D eigenvalue weighted by atomic mass is 10.2. The molecule has 0 aliphatic heterocycles. The number of para-hydroxylation sites is 2. The van der Waals surface area contributed by atoms with Gasteiger partial charge in [-0.15, -0.1) is 0 Å². The normalized spacial score (nSPS) is 10.6. The lowest BCUT2D eigenvalue weighted by Gasteiger charge is -1.99. The minimum atomic E-state index is -0.258. The Morgan fingerprint density at radius 2 is 2.18 bits per heavy atom. The van der Waals surface area contributed by atoms with Crippen LogP contribution in [-0.2, 0) is 4.79 Å². The van der Waals surface area contributed by atoms with E-state index in [0.29, 0.717) is 6.42 Å². The van der Waals surface area contributed by atoms with Crippen LogP contribution >= 0.6 is 12.6 Å². The van der Waals surface area contributed by atoms with Crippen LogP contribution in [0, 0.1) is 0 Å². The lowest BCUT2D eigenvalue weighted by Crippen LogP contribution is -2.08. The van der Waals surface area contributed by atoms with Gasteiger partial charge in [0, 0.05) is 6.42 Å². The number of unbranched alkanes of at least 4 members (excludes halogenated alkanes) is 1. The highest BCUT2D eigenvalue weighted by Crippen LogP contribution is 2.15. The predicted molar refractivity (Wildman–Crippen MR) is 69.4 cm³/mol. The van der Waals surface area contributed by atoms with Crippen molar-refractivity contribution in [1.29, 1.82) is 0 Å². The van der Waals surface area contributed by atoms with E-state index in [1.54, 1.807) is 0 Å². The van der Waals surface area contributed by atoms with Gasteiger partial charge in [-0.3, -0.25) is 4.79 Å². The number of nitrogens with zero attached hydrogens (tertiary/aromatic N) is 1. The molecular formula is C12H14N2O2S. The Labute approximate surface area is 105 Å². The van der Waals surface area contributed by atoms with E-state index in [-0.39, 0.29) is 12.0 Å². The molecule has 90 valence electrons. The number of H-pyrrole nitrogens is 1. The molecule has 0 aliphatic carbocycles. The number of esters is 1. The van der Waals surface area contributed by atoms with Gasteiger partial charge in [-0.05, 0) is 30.7 Å². The van der Waals surface area contributed by atoms with Crippen molar-refractivity contribution in [2.75, 3.05) is 5.75 Å². The van der Waals surface area contributed by atoms with Gasteiger partial charge in [0.2, 0.25) is 0 Å². The van der Waals surface area contributed by atoms with Crippen LogP contribution < -0.4 is 4.74 Å². The Bertz CT molecular complexity index is 477. The highest BCUT2D eigenvalue weighted by atomic mass is 32.1. The van der Waals surface area contributed by atoms with Crippen molar-refractivity contribution in [3.05, 3.63) is 24.3 Å². The summed E-state index contributed by atoms with van der Waals surface area (Å²) in [5.74, 6) is 0.531. The van der Waals surface area contributed by atoms with Crippen molar-refractivity contribution in [2.24, 2.45) is 0 Å². The second kappa shape index (κ2) is 5.72. The molecule has 0 saturated heterocycles. The van der Waals surface area contributed by atoms with Gasteiger partial charge in [0.05, 0.1) is 11.0 Å². The molecule has 0 unspecified atom stereocenters. The fraction of sp³-hybridized carbons (Fsp3) is 0.333. The van der Waals surface area contributed by atoms with E-state index in [4.69, 9.17) is 4.74 Å². The molecule has 17 heavy (non-hydrogen) atoms. The van der Waals surface area contributed by atoms with Gasteiger partial charge in [0.15, 0.2) is 0 Å². The maximum atomic E-state index is 11.5. The van der Waals surface area contributed by atoms with Gasteiger partial charge in [-0.1, -0.05) is 12.1 Å². The molecule has 0 saturated carbocycles. The first-order valence-electron chi connectivity index (χ1n) is 5.56. The topological polar surface area (TPSA) is 55.0 Å². The van der Waals surface area contributed by atoms with Crippen LogP contribution in [0.5, 0.6) is 6.01 Å². The standard InChI is InChI=1S/C12H14N2O2S/c15-11(7-3-4-8-17)16-12-13-9-5-1-2-6-10(9)14-12/h1-2,5-6,17H,3-4,7-8H2,(H,13,14). The second-order valence-corrected chi connectivity index (χ2v) is 4.16. The molecule has 0 bridgehead atoms. The van der Waals surface area contributed by atoms with Crippen LogP contribution in [-0.4, -0.2) is 21.7 Å². The highest BCUT2D eigenvalue weighted by molar-refractivity contribution is 7.80. The number of rotatable bonds is 5. The first kappa shape index (κ1) is 12.0. The number of nitrogens with one attached hydrogen (secondary N) is 1. The van der Waals surface area contributed by atoms with E-state index in [2.05, 4.69) is 22.6 Å². The minimum Gasteiger partial charge on any atom is -0.392 e. The summed E-state index contributed by atoms with van der Waals surface area (Å²) in [6, 6.07) is 7.81. The van der Waals surface area contributed by atoms with Gasteiger partial charge in [0.1, 0.15) is 0 Å². The molecule has 1 aromatic heterocycles. The fourth-order valence-corrected chi connectivity index (χ4v) is 1.74. The molecule has 0 fully saturated rings. The average Bonchev–Trinajstić information content (AvgIpc) is 2.71. The van der Waals surface area contributed by atoms with Crippen molar-refractivity contribution in [3.8, 4) is 6.01 Å². The number of hydrogen-bond acceptors (Lipinski definition) is 4. The zero-order valence-electron chi connectivity index (χ0n) is 9.35. The summed E-state index contributed by atoms with van der Waals surface area (Å²) in [7, 11) is 0. The third-order valence-electron chi connectivity index (χ3n) is 2.37. The summed E-state index contributed by atoms with van der Waals surface area (Å²) in [6.45, 7) is 0. The third kappa shape index (κ3) is 3.23. The van der Waals surface area contributed by atoms with E-state index in [0.717, 1.165) is 29.6 Å². The molecule has 0 atom stereocenters. The number of benzene rings is 1. The number of carbonyl (C=O) groups is 1. The number of fused-ring (bicyclic) bond motifs is 1. The molecule has 0 aliphatic rings. The number of thiol groups is 1. The van der Waals surface area contributed by atoms with Gasteiger partial charge in [-0.2, -0.15) is 17.6 Å². The predicted octanol–water partition coefficient (Wildman–Crippen LogP) is 2.57. The summed E-state index contributed by atoms with van der Waals surface area (Å²) in [5, 5.41) is 0. The Balaban J connectivity index is 1.96. The van der Waals surface area contributed by atoms with Gasteiger partial charge in [0.25, 0.3) is 0 Å². The van der Waals surface area contributed by atoms with Crippen LogP contribution in [0.1, 0.15) is 19.3 Å². The minimum absolute atomic E-state index is 0.258. The zero-order valence-corrected chi connectivity index (χ0v) is 10.2. The van der Waals surface area contributed by atoms with Crippen LogP contribution in [0.3, 0.4) is 0 Å². The molecule has 1 heterocycles. The number of hydrogen-bond donors (Lipinski definition) is 2. The molecule has 0 amide bonds. The maximum absolute atomic E-state index is 11.5. The Kier molecular flexibility index (Phi) is 4.03. The molecule has 2 rings (SSSR count). The smallest absolute Gasteiger partial charge is 0.313 e. The summed E-state index contributed by atoms with van der Waals surface area (Å²) in [4.78, 5) is 18.6. The molecule has 5 heteroatoms. The van der Waals surface area contributed by atoms with Crippen LogP contribution in [0.2, 0.25) is 0 Å². The maximum Gasteiger partial charge on any atom is 0.313 e. The van der Waals surface area contributed by atoms with Crippen molar-refractivity contribution in [3.63, 3.8) is 0 Å². The number of imidazole rings is 1.